The Labute approximate surface area is 314 Å². The number of likely N-dealkylation sites (tertiary alicyclic amines) is 2. The minimum Gasteiger partial charge on any atom is -0.465 e. The number of halogens is 1. The molecule has 0 saturated carbocycles. The monoisotopic (exact) mass is 747 g/mol. The third-order valence-electron chi connectivity index (χ3n) is 11.2. The fourth-order valence-corrected chi connectivity index (χ4v) is 7.75. The SMILES string of the molecule is CC[C@H](C)[C@@H]([C@H](CC(=O)N1CCC[C@H]1[C@H](OC)[C@@H](C)C(=O)NCCC1C=CC=CC=C1)OC)N(C)C(=O)[C@@H](NC(=O)[C@@]1(F)CCN(C(=O)O)C1)C(C)C. The van der Waals surface area contributed by atoms with Gasteiger partial charge in [0.2, 0.25) is 23.4 Å². The first kappa shape index (κ1) is 43.6. The van der Waals surface area contributed by atoms with E-state index in [0.717, 1.165) is 17.7 Å². The van der Waals surface area contributed by atoms with E-state index >= 15 is 4.39 Å². The molecule has 0 aromatic heterocycles. The Kier molecular flexibility index (Phi) is 16.5. The number of allylic oxidation sites excluding steroid dienone is 6. The molecule has 0 unspecified atom stereocenters. The van der Waals surface area contributed by atoms with Gasteiger partial charge in [0.15, 0.2) is 0 Å². The lowest BCUT2D eigenvalue weighted by molar-refractivity contribution is -0.148. The van der Waals surface area contributed by atoms with Crippen molar-refractivity contribution in [1.82, 2.24) is 25.3 Å². The van der Waals surface area contributed by atoms with Crippen LogP contribution >= 0.6 is 0 Å². The van der Waals surface area contributed by atoms with Gasteiger partial charge >= 0.3 is 6.09 Å². The van der Waals surface area contributed by atoms with Crippen molar-refractivity contribution in [2.45, 2.75) is 109 Å². The quantitative estimate of drug-likeness (QED) is 0.190. The van der Waals surface area contributed by atoms with Crippen LogP contribution in [0.25, 0.3) is 0 Å². The van der Waals surface area contributed by atoms with E-state index < -0.39 is 66.2 Å². The molecule has 2 aliphatic heterocycles. The average molecular weight is 748 g/mol. The van der Waals surface area contributed by atoms with E-state index in [1.807, 2.05) is 45.1 Å². The van der Waals surface area contributed by atoms with Gasteiger partial charge in [-0.1, -0.05) is 77.5 Å². The molecule has 2 fully saturated rings. The van der Waals surface area contributed by atoms with Crippen molar-refractivity contribution in [3.05, 3.63) is 36.5 Å². The Morgan fingerprint density at radius 3 is 2.23 bits per heavy atom. The number of methoxy groups -OCH3 is 2. The third kappa shape index (κ3) is 11.1. The maximum Gasteiger partial charge on any atom is 0.407 e. The van der Waals surface area contributed by atoms with Crippen molar-refractivity contribution in [2.75, 3.05) is 47.4 Å². The second-order valence-electron chi connectivity index (χ2n) is 15.1. The lowest BCUT2D eigenvalue weighted by Gasteiger charge is -2.41. The highest BCUT2D eigenvalue weighted by Crippen LogP contribution is 2.30. The molecule has 2 heterocycles. The van der Waals surface area contributed by atoms with Crippen LogP contribution in [0, 0.1) is 23.7 Å². The van der Waals surface area contributed by atoms with Crippen molar-refractivity contribution in [3.63, 3.8) is 0 Å². The van der Waals surface area contributed by atoms with Gasteiger partial charge in [-0.15, -0.1) is 0 Å². The molecule has 3 aliphatic rings. The van der Waals surface area contributed by atoms with Gasteiger partial charge in [-0.2, -0.15) is 0 Å². The summed E-state index contributed by atoms with van der Waals surface area (Å²) in [6.45, 7) is 9.50. The van der Waals surface area contributed by atoms with Gasteiger partial charge in [0.05, 0.1) is 43.2 Å². The summed E-state index contributed by atoms with van der Waals surface area (Å²) >= 11 is 0. The number of rotatable bonds is 18. The summed E-state index contributed by atoms with van der Waals surface area (Å²) in [6.07, 6.45) is 12.1. The number of ether oxygens (including phenoxy) is 2. The number of nitrogens with one attached hydrogen (secondary N) is 2. The molecule has 53 heavy (non-hydrogen) atoms. The number of nitrogens with zero attached hydrogens (tertiary/aromatic N) is 3. The van der Waals surface area contributed by atoms with Crippen LogP contribution in [0.5, 0.6) is 0 Å². The molecule has 5 amide bonds. The van der Waals surface area contributed by atoms with Gasteiger partial charge in [-0.25, -0.2) is 9.18 Å². The van der Waals surface area contributed by atoms with Gasteiger partial charge in [-0.3, -0.25) is 19.2 Å². The number of likely N-dealkylation sites (N-methyl/N-ethyl adjacent to an activating group) is 1. The van der Waals surface area contributed by atoms with Crippen LogP contribution in [0.15, 0.2) is 36.5 Å². The minimum atomic E-state index is -2.45. The summed E-state index contributed by atoms with van der Waals surface area (Å²) in [5.74, 6) is -2.65. The van der Waals surface area contributed by atoms with E-state index in [9.17, 15) is 29.1 Å². The maximum absolute atomic E-state index is 15.6. The number of hydrogen-bond acceptors (Lipinski definition) is 7. The van der Waals surface area contributed by atoms with Gasteiger partial charge < -0.3 is 39.9 Å². The molecule has 8 atom stereocenters. The Morgan fingerprint density at radius 2 is 1.68 bits per heavy atom. The zero-order chi connectivity index (χ0) is 39.5. The normalized spacial score (nSPS) is 23.6. The smallest absolute Gasteiger partial charge is 0.407 e. The van der Waals surface area contributed by atoms with Gasteiger partial charge in [0, 0.05) is 47.3 Å². The van der Waals surface area contributed by atoms with E-state index in [2.05, 4.69) is 22.8 Å². The highest BCUT2D eigenvalue weighted by molar-refractivity contribution is 5.92. The minimum absolute atomic E-state index is 0.0365. The first-order valence-corrected chi connectivity index (χ1v) is 19.0. The molecular weight excluding hydrogens is 685 g/mol. The lowest BCUT2D eigenvalue weighted by atomic mass is 9.89. The molecule has 0 aromatic carbocycles. The lowest BCUT2D eigenvalue weighted by Crippen LogP contribution is -2.60. The van der Waals surface area contributed by atoms with Crippen LogP contribution in [-0.2, 0) is 28.7 Å². The van der Waals surface area contributed by atoms with E-state index in [4.69, 9.17) is 9.47 Å². The second-order valence-corrected chi connectivity index (χ2v) is 15.1. The molecule has 298 valence electrons. The molecule has 0 aromatic rings. The number of carboxylic acid groups (broad SMARTS) is 1. The number of hydrogen-bond donors (Lipinski definition) is 3. The molecule has 0 spiro atoms. The molecule has 13 nitrogen and oxygen atoms in total. The van der Waals surface area contributed by atoms with Gasteiger partial charge in [-0.05, 0) is 37.0 Å². The Morgan fingerprint density at radius 1 is 1.02 bits per heavy atom. The fourth-order valence-electron chi connectivity index (χ4n) is 7.75. The molecule has 0 radical (unpaired) electrons. The molecule has 14 heteroatoms. The number of amides is 5. The van der Waals surface area contributed by atoms with Crippen molar-refractivity contribution in [3.8, 4) is 0 Å². The molecule has 1 aliphatic carbocycles. The summed E-state index contributed by atoms with van der Waals surface area (Å²) < 4.78 is 27.5. The molecule has 3 rings (SSSR count). The zero-order valence-corrected chi connectivity index (χ0v) is 32.8. The molecule has 2 saturated heterocycles. The standard InChI is InChI=1S/C39H62FN5O8/c1-9-26(4)33(43(6)36(48)32(25(2)3)42-37(49)39(40)19-22-44(24-39)38(50)51)30(52-7)23-31(46)45-21-14-17-29(45)34(53-8)27(5)35(47)41-20-18-28-15-12-10-11-13-16-28/h10-13,15-16,25-30,32-34H,9,14,17-24H2,1-8H3,(H,41,47)(H,42,49)(H,50,51)/t26-,27+,29-,30-,32-,33-,34+,39+/m0/s1. The fraction of sp³-hybridized carbons (Fsp3) is 0.718. The van der Waals surface area contributed by atoms with Crippen molar-refractivity contribution in [1.29, 1.82) is 0 Å². The molecule has 0 bridgehead atoms. The summed E-state index contributed by atoms with van der Waals surface area (Å²) in [4.78, 5) is 70.1. The predicted molar refractivity (Wildman–Crippen MR) is 199 cm³/mol. The largest absolute Gasteiger partial charge is 0.465 e. The molecular formula is C39H62FN5O8. The van der Waals surface area contributed by atoms with Crippen LogP contribution in [-0.4, -0.2) is 133 Å². The van der Waals surface area contributed by atoms with Crippen LogP contribution in [0.1, 0.15) is 73.1 Å². The Bertz CT molecular complexity index is 1360. The van der Waals surface area contributed by atoms with Crippen molar-refractivity contribution < 1.29 is 42.9 Å². The van der Waals surface area contributed by atoms with Crippen LogP contribution in [0.3, 0.4) is 0 Å². The van der Waals surface area contributed by atoms with Crippen molar-refractivity contribution in [2.24, 2.45) is 23.7 Å². The van der Waals surface area contributed by atoms with Crippen molar-refractivity contribution >= 4 is 29.7 Å². The van der Waals surface area contributed by atoms with Gasteiger partial charge in [0.1, 0.15) is 6.04 Å². The topological polar surface area (TPSA) is 158 Å². The maximum atomic E-state index is 15.6. The Hall–Kier alpha value is -3.78. The highest BCUT2D eigenvalue weighted by atomic mass is 19.1. The number of alkyl halides is 1. The molecule has 3 N–H and O–H groups in total. The summed E-state index contributed by atoms with van der Waals surface area (Å²) in [6, 6.07) is -2.01. The predicted octanol–water partition coefficient (Wildman–Crippen LogP) is 3.94. The van der Waals surface area contributed by atoms with E-state index in [0.29, 0.717) is 25.9 Å². The summed E-state index contributed by atoms with van der Waals surface area (Å²) in [5.41, 5.74) is -2.45. The Balaban J connectivity index is 1.71. The van der Waals surface area contributed by atoms with Crippen LogP contribution < -0.4 is 10.6 Å². The number of carbonyl (C=O) groups is 5. The average Bonchev–Trinajstić information content (AvgIpc) is 3.70. The van der Waals surface area contributed by atoms with E-state index in [-0.39, 0.29) is 49.1 Å². The second kappa shape index (κ2) is 20.1. The first-order chi connectivity index (χ1) is 25.1. The van der Waals surface area contributed by atoms with Crippen LogP contribution in [0.2, 0.25) is 0 Å². The number of carbonyl (C=O) groups excluding carboxylic acids is 4. The van der Waals surface area contributed by atoms with Crippen LogP contribution in [0.4, 0.5) is 9.18 Å². The zero-order valence-electron chi connectivity index (χ0n) is 32.8. The first-order valence-electron chi connectivity index (χ1n) is 19.0. The van der Waals surface area contributed by atoms with E-state index in [1.54, 1.807) is 32.9 Å². The highest BCUT2D eigenvalue weighted by Gasteiger charge is 2.49. The van der Waals surface area contributed by atoms with E-state index in [1.165, 1.54) is 12.0 Å². The third-order valence-corrected chi connectivity index (χ3v) is 11.2. The summed E-state index contributed by atoms with van der Waals surface area (Å²) in [5, 5.41) is 14.9. The van der Waals surface area contributed by atoms with Gasteiger partial charge in [0.25, 0.3) is 5.91 Å². The summed E-state index contributed by atoms with van der Waals surface area (Å²) in [7, 11) is 4.66.